The van der Waals surface area contributed by atoms with Crippen molar-refractivity contribution in [2.75, 3.05) is 26.9 Å². The first kappa shape index (κ1) is 26.2. The van der Waals surface area contributed by atoms with Gasteiger partial charge in [-0.15, -0.1) is 0 Å². The normalized spacial score (nSPS) is 15.2. The van der Waals surface area contributed by atoms with Crippen LogP contribution in [-0.4, -0.2) is 37.5 Å². The van der Waals surface area contributed by atoms with Crippen molar-refractivity contribution < 1.29 is 23.7 Å². The molecule has 0 N–H and O–H groups in total. The smallest absolute Gasteiger partial charge is 0.338 e. The van der Waals surface area contributed by atoms with Gasteiger partial charge in [-0.25, -0.2) is 9.79 Å². The molecule has 1 aliphatic heterocycles. The van der Waals surface area contributed by atoms with Gasteiger partial charge in [-0.3, -0.25) is 9.36 Å². The molecule has 0 saturated heterocycles. The van der Waals surface area contributed by atoms with Gasteiger partial charge in [0.05, 0.1) is 48.8 Å². The number of methoxy groups -OCH3 is 1. The summed E-state index contributed by atoms with van der Waals surface area (Å²) in [6.45, 7) is 8.40. The van der Waals surface area contributed by atoms with Gasteiger partial charge in [-0.2, -0.15) is 0 Å². The van der Waals surface area contributed by atoms with Gasteiger partial charge in [-0.1, -0.05) is 35.6 Å². The van der Waals surface area contributed by atoms with Crippen molar-refractivity contribution in [2.45, 2.75) is 33.7 Å². The van der Waals surface area contributed by atoms with Gasteiger partial charge >= 0.3 is 5.97 Å². The lowest BCUT2D eigenvalue weighted by atomic mass is 9.95. The van der Waals surface area contributed by atoms with Gasteiger partial charge in [0.1, 0.15) is 5.75 Å². The first-order valence-corrected chi connectivity index (χ1v) is 13.0. The highest BCUT2D eigenvalue weighted by atomic mass is 32.1. The number of fused-ring (bicyclic) bond motifs is 1. The Morgan fingerprint density at radius 2 is 1.76 bits per heavy atom. The van der Waals surface area contributed by atoms with E-state index >= 15 is 0 Å². The zero-order valence-electron chi connectivity index (χ0n) is 21.6. The van der Waals surface area contributed by atoms with Gasteiger partial charge in [0.25, 0.3) is 5.56 Å². The molecule has 0 spiro atoms. The Morgan fingerprint density at radius 1 is 1.03 bits per heavy atom. The van der Waals surface area contributed by atoms with Crippen molar-refractivity contribution in [3.63, 3.8) is 0 Å². The number of hydrogen-bond acceptors (Lipinski definition) is 8. The average molecular weight is 523 g/mol. The number of ether oxygens (including phenoxy) is 4. The van der Waals surface area contributed by atoms with E-state index < -0.39 is 12.0 Å². The van der Waals surface area contributed by atoms with Crippen molar-refractivity contribution >= 4 is 23.4 Å². The number of hydrogen-bond donors (Lipinski definition) is 0. The molecule has 0 radical (unpaired) electrons. The molecule has 37 heavy (non-hydrogen) atoms. The lowest BCUT2D eigenvalue weighted by molar-refractivity contribution is -0.139. The summed E-state index contributed by atoms with van der Waals surface area (Å²) >= 11 is 1.26. The van der Waals surface area contributed by atoms with E-state index in [1.807, 2.05) is 50.2 Å². The standard InChI is InChI=1S/C28H30N2O6S/c1-6-34-21-14-13-19(15-22(21)35-7-2)25-24(27(32)36-8-3)17(4)29-28-30(25)26(31)23(37-28)16-18-11-9-10-12-20(18)33-5/h9-16,25H,6-8H2,1-5H3. The van der Waals surface area contributed by atoms with Crippen LogP contribution in [0.25, 0.3) is 6.08 Å². The van der Waals surface area contributed by atoms with Gasteiger partial charge in [0.2, 0.25) is 0 Å². The van der Waals surface area contributed by atoms with Crippen molar-refractivity contribution in [3.05, 3.63) is 84.5 Å². The molecule has 194 valence electrons. The predicted molar refractivity (Wildman–Crippen MR) is 142 cm³/mol. The highest BCUT2D eigenvalue weighted by molar-refractivity contribution is 7.07. The summed E-state index contributed by atoms with van der Waals surface area (Å²) in [7, 11) is 1.59. The van der Waals surface area contributed by atoms with Crippen LogP contribution < -0.4 is 29.1 Å². The quantitative estimate of drug-likeness (QED) is 0.399. The summed E-state index contributed by atoms with van der Waals surface area (Å²) in [4.78, 5) is 32.1. The van der Waals surface area contributed by atoms with Gasteiger partial charge in [0, 0.05) is 5.56 Å². The number of para-hydroxylation sites is 1. The summed E-state index contributed by atoms with van der Waals surface area (Å²) in [5.74, 6) is 1.27. The van der Waals surface area contributed by atoms with E-state index in [0.29, 0.717) is 56.6 Å². The molecule has 0 fully saturated rings. The van der Waals surface area contributed by atoms with E-state index in [-0.39, 0.29) is 12.2 Å². The van der Waals surface area contributed by atoms with Gasteiger partial charge in [-0.05, 0) is 57.5 Å². The Morgan fingerprint density at radius 3 is 2.46 bits per heavy atom. The van der Waals surface area contributed by atoms with Crippen molar-refractivity contribution in [3.8, 4) is 17.2 Å². The molecule has 2 aromatic carbocycles. The third-order valence-electron chi connectivity index (χ3n) is 5.83. The fraction of sp³-hybridized carbons (Fsp3) is 0.321. The third-order valence-corrected chi connectivity index (χ3v) is 6.81. The Balaban J connectivity index is 1.96. The molecule has 1 atom stereocenters. The minimum atomic E-state index is -0.745. The number of thiazole rings is 1. The number of allylic oxidation sites excluding steroid dienone is 1. The number of carbonyl (C=O) groups excluding carboxylic acids is 1. The molecule has 4 rings (SSSR count). The number of nitrogens with zero attached hydrogens (tertiary/aromatic N) is 2. The molecule has 1 aromatic heterocycles. The maximum Gasteiger partial charge on any atom is 0.338 e. The SMILES string of the molecule is CCOC(=O)C1=C(C)N=c2sc(=Cc3ccccc3OC)c(=O)n2C1c1ccc(OCC)c(OCC)c1. The Bertz CT molecular complexity index is 1520. The molecular formula is C28H30N2O6S. The minimum Gasteiger partial charge on any atom is -0.496 e. The molecule has 1 aliphatic rings. The molecule has 0 aliphatic carbocycles. The predicted octanol–water partition coefficient (Wildman–Crippen LogP) is 3.60. The topological polar surface area (TPSA) is 88.4 Å². The van der Waals surface area contributed by atoms with Crippen LogP contribution in [0.4, 0.5) is 0 Å². The number of carbonyl (C=O) groups is 1. The van der Waals surface area contributed by atoms with Crippen molar-refractivity contribution in [1.82, 2.24) is 4.57 Å². The molecule has 0 bridgehead atoms. The highest BCUT2D eigenvalue weighted by Gasteiger charge is 2.34. The van der Waals surface area contributed by atoms with Crippen LogP contribution in [0.1, 0.15) is 44.9 Å². The second kappa shape index (κ2) is 11.5. The summed E-state index contributed by atoms with van der Waals surface area (Å²) in [5.41, 5.74) is 2.01. The molecule has 8 nitrogen and oxygen atoms in total. The first-order valence-electron chi connectivity index (χ1n) is 12.2. The van der Waals surface area contributed by atoms with E-state index in [0.717, 1.165) is 5.56 Å². The van der Waals surface area contributed by atoms with Crippen LogP contribution in [0.2, 0.25) is 0 Å². The van der Waals surface area contributed by atoms with Crippen LogP contribution >= 0.6 is 11.3 Å². The summed E-state index contributed by atoms with van der Waals surface area (Å²) in [6, 6.07) is 12.2. The molecule has 2 heterocycles. The van der Waals surface area contributed by atoms with Crippen molar-refractivity contribution in [1.29, 1.82) is 0 Å². The molecular weight excluding hydrogens is 492 g/mol. The maximum atomic E-state index is 13.8. The fourth-order valence-corrected chi connectivity index (χ4v) is 5.31. The number of benzene rings is 2. The molecule has 1 unspecified atom stereocenters. The van der Waals surface area contributed by atoms with Gasteiger partial charge < -0.3 is 18.9 Å². The Kier molecular flexibility index (Phi) is 8.13. The molecule has 9 heteroatoms. The number of esters is 1. The lowest BCUT2D eigenvalue weighted by Gasteiger charge is -2.25. The van der Waals surface area contributed by atoms with Crippen LogP contribution in [0.5, 0.6) is 17.2 Å². The Labute approximate surface area is 219 Å². The molecule has 0 amide bonds. The zero-order valence-corrected chi connectivity index (χ0v) is 22.4. The first-order chi connectivity index (χ1) is 17.9. The van der Waals surface area contributed by atoms with Crippen LogP contribution in [-0.2, 0) is 9.53 Å². The van der Waals surface area contributed by atoms with E-state index in [9.17, 15) is 9.59 Å². The summed E-state index contributed by atoms with van der Waals surface area (Å²) < 4.78 is 24.4. The molecule has 0 saturated carbocycles. The number of rotatable bonds is 9. The van der Waals surface area contributed by atoms with E-state index in [1.165, 1.54) is 11.3 Å². The second-order valence-electron chi connectivity index (χ2n) is 8.12. The summed E-state index contributed by atoms with van der Waals surface area (Å²) in [6.07, 6.45) is 1.78. The third kappa shape index (κ3) is 5.17. The fourth-order valence-electron chi connectivity index (χ4n) is 4.27. The van der Waals surface area contributed by atoms with Crippen LogP contribution in [0.15, 0.2) is 63.5 Å². The van der Waals surface area contributed by atoms with Crippen molar-refractivity contribution in [2.24, 2.45) is 4.99 Å². The lowest BCUT2D eigenvalue weighted by Crippen LogP contribution is -2.40. The maximum absolute atomic E-state index is 13.8. The van der Waals surface area contributed by atoms with Crippen LogP contribution in [0.3, 0.4) is 0 Å². The van der Waals surface area contributed by atoms with Crippen LogP contribution in [0, 0.1) is 0 Å². The zero-order chi connectivity index (χ0) is 26.5. The largest absolute Gasteiger partial charge is 0.496 e. The Hall–Kier alpha value is -3.85. The monoisotopic (exact) mass is 522 g/mol. The highest BCUT2D eigenvalue weighted by Crippen LogP contribution is 2.36. The van der Waals surface area contributed by atoms with Gasteiger partial charge in [0.15, 0.2) is 16.3 Å². The van der Waals surface area contributed by atoms with E-state index in [2.05, 4.69) is 4.99 Å². The summed E-state index contributed by atoms with van der Waals surface area (Å²) in [5, 5.41) is 0. The second-order valence-corrected chi connectivity index (χ2v) is 9.13. The average Bonchev–Trinajstić information content (AvgIpc) is 3.19. The van der Waals surface area contributed by atoms with E-state index in [1.54, 1.807) is 37.7 Å². The molecule has 3 aromatic rings. The van der Waals surface area contributed by atoms with E-state index in [4.69, 9.17) is 18.9 Å². The number of aromatic nitrogens is 1. The minimum absolute atomic E-state index is 0.202.